The molecule has 1 aliphatic rings. The third kappa shape index (κ3) is 5.15. The lowest BCUT2D eigenvalue weighted by Gasteiger charge is -2.16. The summed E-state index contributed by atoms with van der Waals surface area (Å²) in [5.41, 5.74) is 0. The summed E-state index contributed by atoms with van der Waals surface area (Å²) in [6, 6.07) is 2.15. The summed E-state index contributed by atoms with van der Waals surface area (Å²) >= 11 is 0. The maximum atomic E-state index is 8.74. The maximum Gasteiger partial charge on any atom is 0.0972 e. The fourth-order valence-electron chi connectivity index (χ4n) is 2.03. The van der Waals surface area contributed by atoms with Crippen LogP contribution in [0.1, 0.15) is 44.9 Å². The molecular formula is C12H22N2O. The summed E-state index contributed by atoms with van der Waals surface area (Å²) in [5, 5.41) is 11.7. The predicted octanol–water partition coefficient (Wildman–Crippen LogP) is 2.23. The lowest BCUT2D eigenvalue weighted by Crippen LogP contribution is -2.25. The van der Waals surface area contributed by atoms with Gasteiger partial charge in [-0.25, -0.2) is 0 Å². The number of rotatable bonds is 5. The summed E-state index contributed by atoms with van der Waals surface area (Å²) < 4.78 is 5.81. The van der Waals surface area contributed by atoms with Crippen molar-refractivity contribution in [3.8, 4) is 6.07 Å². The lowest BCUT2D eigenvalue weighted by molar-refractivity contribution is 0.0399. The fourth-order valence-corrected chi connectivity index (χ4v) is 2.03. The van der Waals surface area contributed by atoms with Gasteiger partial charge in [-0.2, -0.15) is 5.26 Å². The fraction of sp³-hybridized carbons (Fsp3) is 0.917. The Morgan fingerprint density at radius 3 is 2.53 bits per heavy atom. The van der Waals surface area contributed by atoms with Gasteiger partial charge in [0.2, 0.25) is 0 Å². The van der Waals surface area contributed by atoms with Crippen LogP contribution < -0.4 is 5.32 Å². The minimum absolute atomic E-state index is 0.0595. The van der Waals surface area contributed by atoms with Crippen LogP contribution in [0.3, 0.4) is 0 Å². The number of hydrogen-bond acceptors (Lipinski definition) is 3. The normalized spacial score (nSPS) is 20.5. The molecule has 3 nitrogen and oxygen atoms in total. The molecule has 1 saturated carbocycles. The average Bonchev–Trinajstić information content (AvgIpc) is 2.53. The van der Waals surface area contributed by atoms with Crippen LogP contribution in [0.2, 0.25) is 0 Å². The van der Waals surface area contributed by atoms with Gasteiger partial charge in [0.25, 0.3) is 0 Å². The zero-order chi connectivity index (χ0) is 10.9. The highest BCUT2D eigenvalue weighted by atomic mass is 16.5. The van der Waals surface area contributed by atoms with Crippen LogP contribution in [-0.4, -0.2) is 25.8 Å². The molecule has 0 radical (unpaired) electrons. The third-order valence-corrected chi connectivity index (χ3v) is 3.07. The molecule has 0 bridgehead atoms. The quantitative estimate of drug-likeness (QED) is 0.708. The monoisotopic (exact) mass is 210 g/mol. The molecule has 0 heterocycles. The number of ether oxygens (including phenoxy) is 1. The summed E-state index contributed by atoms with van der Waals surface area (Å²) in [5.74, 6) is 0. The number of nitriles is 1. The molecule has 0 aromatic rings. The Balaban J connectivity index is 2.10. The van der Waals surface area contributed by atoms with Gasteiger partial charge < -0.3 is 10.1 Å². The van der Waals surface area contributed by atoms with Crippen molar-refractivity contribution in [1.29, 1.82) is 5.26 Å². The van der Waals surface area contributed by atoms with E-state index >= 15 is 0 Å². The molecule has 1 atom stereocenters. The van der Waals surface area contributed by atoms with Gasteiger partial charge in [0.05, 0.1) is 18.2 Å². The summed E-state index contributed by atoms with van der Waals surface area (Å²) in [6.45, 7) is 0.712. The molecule has 1 rings (SSSR count). The first-order valence-electron chi connectivity index (χ1n) is 6.05. The Morgan fingerprint density at radius 1 is 1.33 bits per heavy atom. The van der Waals surface area contributed by atoms with Crippen molar-refractivity contribution in [2.75, 3.05) is 13.7 Å². The lowest BCUT2D eigenvalue weighted by atomic mass is 10.1. The molecule has 1 aliphatic carbocycles. The Hall–Kier alpha value is -0.590. The van der Waals surface area contributed by atoms with E-state index in [9.17, 15) is 0 Å². The number of hydrogen-bond donors (Lipinski definition) is 1. The Morgan fingerprint density at radius 2 is 2.00 bits per heavy atom. The van der Waals surface area contributed by atoms with Crippen molar-refractivity contribution in [3.63, 3.8) is 0 Å². The van der Waals surface area contributed by atoms with Crippen LogP contribution >= 0.6 is 0 Å². The molecule has 0 aliphatic heterocycles. The first-order valence-corrected chi connectivity index (χ1v) is 6.05. The highest BCUT2D eigenvalue weighted by Crippen LogP contribution is 2.19. The zero-order valence-corrected chi connectivity index (χ0v) is 9.67. The second kappa shape index (κ2) is 7.67. The topological polar surface area (TPSA) is 45.0 Å². The molecule has 1 unspecified atom stereocenters. The standard InChI is InChI=1S/C12H22N2O/c1-14-11(10-13)8-9-15-12-6-4-2-3-5-7-12/h11-12,14H,2-9H2,1H3. The van der Waals surface area contributed by atoms with Gasteiger partial charge in [-0.1, -0.05) is 25.7 Å². The van der Waals surface area contributed by atoms with Crippen molar-refractivity contribution in [3.05, 3.63) is 0 Å². The summed E-state index contributed by atoms with van der Waals surface area (Å²) in [4.78, 5) is 0. The van der Waals surface area contributed by atoms with Gasteiger partial charge >= 0.3 is 0 Å². The van der Waals surface area contributed by atoms with E-state index < -0.39 is 0 Å². The molecule has 0 saturated heterocycles. The van der Waals surface area contributed by atoms with E-state index in [2.05, 4.69) is 11.4 Å². The molecule has 1 N–H and O–H groups in total. The maximum absolute atomic E-state index is 8.74. The van der Waals surface area contributed by atoms with Gasteiger partial charge in [0.15, 0.2) is 0 Å². The van der Waals surface area contributed by atoms with E-state index in [1.165, 1.54) is 38.5 Å². The molecule has 0 aromatic heterocycles. The van der Waals surface area contributed by atoms with Crippen molar-refractivity contribution < 1.29 is 4.74 Å². The Labute approximate surface area is 92.8 Å². The van der Waals surface area contributed by atoms with Gasteiger partial charge in [-0.15, -0.1) is 0 Å². The molecular weight excluding hydrogens is 188 g/mol. The molecule has 0 amide bonds. The van der Waals surface area contributed by atoms with E-state index in [-0.39, 0.29) is 6.04 Å². The molecule has 15 heavy (non-hydrogen) atoms. The number of nitrogens with zero attached hydrogens (tertiary/aromatic N) is 1. The van der Waals surface area contributed by atoms with Crippen molar-refractivity contribution >= 4 is 0 Å². The van der Waals surface area contributed by atoms with Gasteiger partial charge in [-0.3, -0.25) is 0 Å². The van der Waals surface area contributed by atoms with Crippen LogP contribution in [0.4, 0.5) is 0 Å². The van der Waals surface area contributed by atoms with Gasteiger partial charge in [-0.05, 0) is 26.3 Å². The molecule has 0 aromatic carbocycles. The molecule has 3 heteroatoms. The van der Waals surface area contributed by atoms with Crippen LogP contribution in [0.15, 0.2) is 0 Å². The number of nitrogens with one attached hydrogen (secondary N) is 1. The Bertz CT molecular complexity index is 192. The van der Waals surface area contributed by atoms with Gasteiger partial charge in [0.1, 0.15) is 0 Å². The minimum atomic E-state index is -0.0595. The Kier molecular flexibility index (Phi) is 6.38. The SMILES string of the molecule is CNC(C#N)CCOC1CCCCCC1. The van der Waals surface area contributed by atoms with Crippen LogP contribution in [0, 0.1) is 11.3 Å². The van der Waals surface area contributed by atoms with E-state index in [0.29, 0.717) is 12.7 Å². The van der Waals surface area contributed by atoms with E-state index in [0.717, 1.165) is 6.42 Å². The summed E-state index contributed by atoms with van der Waals surface area (Å²) in [6.07, 6.45) is 8.98. The van der Waals surface area contributed by atoms with Crippen molar-refractivity contribution in [1.82, 2.24) is 5.32 Å². The second-order valence-electron chi connectivity index (χ2n) is 4.24. The van der Waals surface area contributed by atoms with Gasteiger partial charge in [0, 0.05) is 6.61 Å². The van der Waals surface area contributed by atoms with E-state index in [1.54, 1.807) is 0 Å². The first kappa shape index (κ1) is 12.5. The van der Waals surface area contributed by atoms with Crippen molar-refractivity contribution in [2.45, 2.75) is 57.1 Å². The predicted molar refractivity (Wildman–Crippen MR) is 60.5 cm³/mol. The van der Waals surface area contributed by atoms with E-state index in [4.69, 9.17) is 10.00 Å². The minimum Gasteiger partial charge on any atom is -0.378 e. The highest BCUT2D eigenvalue weighted by Gasteiger charge is 2.13. The molecule has 1 fully saturated rings. The highest BCUT2D eigenvalue weighted by molar-refractivity contribution is 4.88. The molecule has 0 spiro atoms. The third-order valence-electron chi connectivity index (χ3n) is 3.07. The average molecular weight is 210 g/mol. The van der Waals surface area contributed by atoms with Crippen molar-refractivity contribution in [2.24, 2.45) is 0 Å². The van der Waals surface area contributed by atoms with E-state index in [1.807, 2.05) is 7.05 Å². The second-order valence-corrected chi connectivity index (χ2v) is 4.24. The van der Waals surface area contributed by atoms with Crippen LogP contribution in [-0.2, 0) is 4.74 Å². The van der Waals surface area contributed by atoms with Crippen LogP contribution in [0.5, 0.6) is 0 Å². The van der Waals surface area contributed by atoms with Crippen LogP contribution in [0.25, 0.3) is 0 Å². The smallest absolute Gasteiger partial charge is 0.0972 e. The zero-order valence-electron chi connectivity index (χ0n) is 9.67. The first-order chi connectivity index (χ1) is 7.36. The largest absolute Gasteiger partial charge is 0.378 e. The summed E-state index contributed by atoms with van der Waals surface area (Å²) in [7, 11) is 1.82. The molecule has 86 valence electrons.